The number of nitriles is 1. The predicted octanol–water partition coefficient (Wildman–Crippen LogP) is 2.58. The third-order valence-electron chi connectivity index (χ3n) is 3.92. The third kappa shape index (κ3) is 4.05. The molecular formula is C17H22FN3O. The minimum absolute atomic E-state index is 0.185. The molecule has 1 fully saturated rings. The fourth-order valence-corrected chi connectivity index (χ4v) is 2.72. The molecule has 1 aliphatic rings. The van der Waals surface area contributed by atoms with Gasteiger partial charge in [0.15, 0.2) is 0 Å². The van der Waals surface area contributed by atoms with Crippen LogP contribution >= 0.6 is 0 Å². The Bertz CT molecular complexity index is 542. The zero-order valence-corrected chi connectivity index (χ0v) is 13.1. The molecule has 0 aromatic heterocycles. The van der Waals surface area contributed by atoms with Crippen LogP contribution in [0.4, 0.5) is 4.39 Å². The lowest BCUT2D eigenvalue weighted by molar-refractivity contribution is -0.133. The van der Waals surface area contributed by atoms with Gasteiger partial charge in [-0.2, -0.15) is 5.26 Å². The first-order valence-electron chi connectivity index (χ1n) is 7.68. The lowest BCUT2D eigenvalue weighted by Crippen LogP contribution is -2.49. The Hall–Kier alpha value is -1.93. The van der Waals surface area contributed by atoms with Gasteiger partial charge in [0.2, 0.25) is 5.91 Å². The molecule has 1 heterocycles. The molecular weight excluding hydrogens is 281 g/mol. The molecule has 0 radical (unpaired) electrons. The number of amides is 1. The van der Waals surface area contributed by atoms with E-state index in [1.807, 2.05) is 23.6 Å². The number of rotatable bonds is 4. The predicted molar refractivity (Wildman–Crippen MR) is 82.4 cm³/mol. The number of piperazine rings is 1. The second-order valence-corrected chi connectivity index (χ2v) is 6.10. The van der Waals surface area contributed by atoms with Crippen molar-refractivity contribution < 1.29 is 9.18 Å². The number of carbonyl (C=O) groups excluding carboxylic acids is 1. The molecule has 1 unspecified atom stereocenters. The molecule has 0 aliphatic carbocycles. The molecule has 5 heteroatoms. The van der Waals surface area contributed by atoms with Crippen molar-refractivity contribution in [3.05, 3.63) is 35.6 Å². The Morgan fingerprint density at radius 3 is 2.32 bits per heavy atom. The van der Waals surface area contributed by atoms with E-state index < -0.39 is 0 Å². The summed E-state index contributed by atoms with van der Waals surface area (Å²) in [6.45, 7) is 6.69. The fourth-order valence-electron chi connectivity index (χ4n) is 2.72. The molecule has 1 amide bonds. The number of halogens is 1. The van der Waals surface area contributed by atoms with Gasteiger partial charge >= 0.3 is 0 Å². The molecule has 4 nitrogen and oxygen atoms in total. The van der Waals surface area contributed by atoms with Gasteiger partial charge in [-0.05, 0) is 23.6 Å². The quantitative estimate of drug-likeness (QED) is 0.859. The molecule has 0 saturated carbocycles. The standard InChI is InChI=1S/C17H22FN3O/c1-13(2)11-17(22)21-9-7-20(8-10-21)16(12-19)14-3-5-15(18)6-4-14/h3-6,13,16H,7-11H2,1-2H3. The van der Waals surface area contributed by atoms with E-state index in [0.717, 1.165) is 5.56 Å². The topological polar surface area (TPSA) is 47.3 Å². The van der Waals surface area contributed by atoms with Crippen LogP contribution < -0.4 is 0 Å². The molecule has 0 bridgehead atoms. The van der Waals surface area contributed by atoms with Crippen molar-refractivity contribution in [3.8, 4) is 6.07 Å². The van der Waals surface area contributed by atoms with Crippen LogP contribution in [0, 0.1) is 23.1 Å². The number of benzene rings is 1. The summed E-state index contributed by atoms with van der Waals surface area (Å²) in [6.07, 6.45) is 0.569. The third-order valence-corrected chi connectivity index (χ3v) is 3.92. The summed E-state index contributed by atoms with van der Waals surface area (Å²) in [6, 6.07) is 7.96. The Labute approximate surface area is 131 Å². The molecule has 22 heavy (non-hydrogen) atoms. The monoisotopic (exact) mass is 303 g/mol. The van der Waals surface area contributed by atoms with Gasteiger partial charge in [-0.25, -0.2) is 4.39 Å². The fraction of sp³-hybridized carbons (Fsp3) is 0.529. The van der Waals surface area contributed by atoms with Gasteiger partial charge in [0.05, 0.1) is 6.07 Å². The van der Waals surface area contributed by atoms with Crippen LogP contribution in [0.5, 0.6) is 0 Å². The van der Waals surface area contributed by atoms with Gasteiger partial charge in [0.25, 0.3) is 0 Å². The van der Waals surface area contributed by atoms with Crippen molar-refractivity contribution in [2.24, 2.45) is 5.92 Å². The van der Waals surface area contributed by atoms with Crippen molar-refractivity contribution in [2.45, 2.75) is 26.3 Å². The zero-order chi connectivity index (χ0) is 16.1. The molecule has 0 N–H and O–H groups in total. The van der Waals surface area contributed by atoms with Gasteiger partial charge in [0, 0.05) is 32.6 Å². The molecule has 1 atom stereocenters. The van der Waals surface area contributed by atoms with E-state index in [9.17, 15) is 14.4 Å². The maximum Gasteiger partial charge on any atom is 0.222 e. The van der Waals surface area contributed by atoms with E-state index in [2.05, 4.69) is 6.07 Å². The van der Waals surface area contributed by atoms with Crippen molar-refractivity contribution in [2.75, 3.05) is 26.2 Å². The zero-order valence-electron chi connectivity index (χ0n) is 13.1. The van der Waals surface area contributed by atoms with Gasteiger partial charge in [0.1, 0.15) is 11.9 Å². The summed E-state index contributed by atoms with van der Waals surface area (Å²) in [4.78, 5) is 16.0. The maximum atomic E-state index is 13.0. The molecule has 1 aliphatic heterocycles. The first kappa shape index (κ1) is 16.4. The van der Waals surface area contributed by atoms with E-state index >= 15 is 0 Å². The smallest absolute Gasteiger partial charge is 0.222 e. The maximum absolute atomic E-state index is 13.0. The van der Waals surface area contributed by atoms with Crippen LogP contribution in [0.2, 0.25) is 0 Å². The molecule has 118 valence electrons. The van der Waals surface area contributed by atoms with Crippen LogP contribution in [-0.2, 0) is 4.79 Å². The first-order chi connectivity index (χ1) is 10.5. The minimum atomic E-state index is -0.386. The van der Waals surface area contributed by atoms with Crippen LogP contribution in [-0.4, -0.2) is 41.9 Å². The summed E-state index contributed by atoms with van der Waals surface area (Å²) in [7, 11) is 0. The van der Waals surface area contributed by atoms with Crippen LogP contribution in [0.3, 0.4) is 0 Å². The van der Waals surface area contributed by atoms with E-state index in [-0.39, 0.29) is 17.8 Å². The van der Waals surface area contributed by atoms with Gasteiger partial charge < -0.3 is 4.90 Å². The largest absolute Gasteiger partial charge is 0.340 e. The number of hydrogen-bond acceptors (Lipinski definition) is 3. The molecule has 1 aromatic rings. The van der Waals surface area contributed by atoms with E-state index in [4.69, 9.17) is 0 Å². The summed E-state index contributed by atoms with van der Waals surface area (Å²) in [5.41, 5.74) is 0.797. The second-order valence-electron chi connectivity index (χ2n) is 6.10. The summed E-state index contributed by atoms with van der Waals surface area (Å²) >= 11 is 0. The highest BCUT2D eigenvalue weighted by Crippen LogP contribution is 2.22. The average molecular weight is 303 g/mol. The van der Waals surface area contributed by atoms with Gasteiger partial charge in [-0.3, -0.25) is 9.69 Å². The summed E-state index contributed by atoms with van der Waals surface area (Å²) in [5, 5.41) is 9.43. The van der Waals surface area contributed by atoms with Crippen molar-refractivity contribution >= 4 is 5.91 Å². The van der Waals surface area contributed by atoms with E-state index in [0.29, 0.717) is 38.5 Å². The lowest BCUT2D eigenvalue weighted by Gasteiger charge is -2.37. The second kappa shape index (κ2) is 7.37. The average Bonchev–Trinajstić information content (AvgIpc) is 2.50. The number of carbonyl (C=O) groups is 1. The molecule has 0 spiro atoms. The summed E-state index contributed by atoms with van der Waals surface area (Å²) < 4.78 is 13.0. The Morgan fingerprint density at radius 1 is 1.23 bits per heavy atom. The van der Waals surface area contributed by atoms with E-state index in [1.54, 1.807) is 12.1 Å². The Kier molecular flexibility index (Phi) is 5.51. The first-order valence-corrected chi connectivity index (χ1v) is 7.68. The highest BCUT2D eigenvalue weighted by Gasteiger charge is 2.27. The molecule has 1 aromatic carbocycles. The van der Waals surface area contributed by atoms with Crippen LogP contribution in [0.1, 0.15) is 31.9 Å². The highest BCUT2D eigenvalue weighted by atomic mass is 19.1. The lowest BCUT2D eigenvalue weighted by atomic mass is 10.1. The van der Waals surface area contributed by atoms with Crippen LogP contribution in [0.15, 0.2) is 24.3 Å². The summed E-state index contributed by atoms with van der Waals surface area (Å²) in [5.74, 6) is 0.242. The Morgan fingerprint density at radius 2 is 1.82 bits per heavy atom. The van der Waals surface area contributed by atoms with Crippen molar-refractivity contribution in [1.29, 1.82) is 5.26 Å². The molecule has 2 rings (SSSR count). The van der Waals surface area contributed by atoms with Gasteiger partial charge in [-0.1, -0.05) is 26.0 Å². The number of hydrogen-bond donors (Lipinski definition) is 0. The molecule has 1 saturated heterocycles. The van der Waals surface area contributed by atoms with Crippen LogP contribution in [0.25, 0.3) is 0 Å². The van der Waals surface area contributed by atoms with Crippen molar-refractivity contribution in [1.82, 2.24) is 9.80 Å². The minimum Gasteiger partial charge on any atom is -0.340 e. The normalized spacial score (nSPS) is 17.3. The number of nitrogens with zero attached hydrogens (tertiary/aromatic N) is 3. The highest BCUT2D eigenvalue weighted by molar-refractivity contribution is 5.76. The Balaban J connectivity index is 1.96. The van der Waals surface area contributed by atoms with Crippen molar-refractivity contribution in [3.63, 3.8) is 0 Å². The SMILES string of the molecule is CC(C)CC(=O)N1CCN(C(C#N)c2ccc(F)cc2)CC1. The van der Waals surface area contributed by atoms with E-state index in [1.165, 1.54) is 12.1 Å². The van der Waals surface area contributed by atoms with Gasteiger partial charge in [-0.15, -0.1) is 0 Å².